The van der Waals surface area contributed by atoms with Crippen LogP contribution in [-0.4, -0.2) is 22.9 Å². The van der Waals surface area contributed by atoms with Gasteiger partial charge in [0.05, 0.1) is 11.3 Å². The summed E-state index contributed by atoms with van der Waals surface area (Å²) in [5.41, 5.74) is 3.42. The lowest BCUT2D eigenvalue weighted by atomic mass is 10.1. The molecule has 0 bridgehead atoms. The van der Waals surface area contributed by atoms with E-state index < -0.39 is 23.6 Å². The number of amides is 2. The van der Waals surface area contributed by atoms with E-state index in [9.17, 15) is 18.8 Å². The first-order chi connectivity index (χ1) is 13.9. The fourth-order valence-corrected chi connectivity index (χ4v) is 2.83. The van der Waals surface area contributed by atoms with E-state index in [1.807, 2.05) is 0 Å². The molecule has 7 nitrogen and oxygen atoms in total. The highest BCUT2D eigenvalue weighted by Crippen LogP contribution is 2.26. The molecule has 1 fully saturated rings. The summed E-state index contributed by atoms with van der Waals surface area (Å²) < 4.78 is 18.7. The Morgan fingerprint density at radius 3 is 2.34 bits per heavy atom. The highest BCUT2D eigenvalue weighted by atomic mass is 19.1. The third-order valence-corrected chi connectivity index (χ3v) is 4.31. The molecular weight excluding hydrogens is 379 g/mol. The Kier molecular flexibility index (Phi) is 4.44. The van der Waals surface area contributed by atoms with Crippen molar-refractivity contribution in [3.8, 4) is 11.3 Å². The third kappa shape index (κ3) is 3.51. The summed E-state index contributed by atoms with van der Waals surface area (Å²) in [5, 5.41) is 9.98. The summed E-state index contributed by atoms with van der Waals surface area (Å²) in [6.07, 6.45) is 1.32. The number of carbonyl (C=O) groups is 3. The molecule has 1 saturated heterocycles. The lowest BCUT2D eigenvalue weighted by Gasteiger charge is -2.14. The molecule has 2 aromatic carbocycles. The van der Waals surface area contributed by atoms with Gasteiger partial charge in [0.15, 0.2) is 0 Å². The zero-order chi connectivity index (χ0) is 20.5. The molecule has 1 aromatic heterocycles. The Labute approximate surface area is 163 Å². The van der Waals surface area contributed by atoms with Gasteiger partial charge in [0.1, 0.15) is 22.9 Å². The number of carboxylic acid groups (broad SMARTS) is 1. The molecule has 144 valence electrons. The largest absolute Gasteiger partial charge is 0.478 e. The van der Waals surface area contributed by atoms with Crippen LogP contribution in [0.2, 0.25) is 0 Å². The average molecular weight is 392 g/mol. The van der Waals surface area contributed by atoms with Crippen molar-refractivity contribution >= 4 is 29.5 Å². The van der Waals surface area contributed by atoms with Gasteiger partial charge in [-0.05, 0) is 54.6 Å². The molecule has 0 saturated carbocycles. The van der Waals surface area contributed by atoms with Crippen molar-refractivity contribution in [2.24, 2.45) is 0 Å². The summed E-state index contributed by atoms with van der Waals surface area (Å²) in [7, 11) is 0. The van der Waals surface area contributed by atoms with E-state index in [1.165, 1.54) is 42.5 Å². The predicted molar refractivity (Wildman–Crippen MR) is 101 cm³/mol. The first kappa shape index (κ1) is 18.2. The highest BCUT2D eigenvalue weighted by Gasteiger charge is 2.34. The molecule has 8 heteroatoms. The van der Waals surface area contributed by atoms with Crippen molar-refractivity contribution in [3.63, 3.8) is 0 Å². The highest BCUT2D eigenvalue weighted by molar-refractivity contribution is 6.31. The van der Waals surface area contributed by atoms with Crippen LogP contribution in [0.4, 0.5) is 10.1 Å². The van der Waals surface area contributed by atoms with Crippen molar-refractivity contribution in [3.05, 3.63) is 83.4 Å². The van der Waals surface area contributed by atoms with Crippen LogP contribution in [0.3, 0.4) is 0 Å². The van der Waals surface area contributed by atoms with Gasteiger partial charge in [0.2, 0.25) is 0 Å². The molecule has 4 rings (SSSR count). The normalized spacial score (nSPS) is 15.1. The molecule has 0 radical (unpaired) electrons. The van der Waals surface area contributed by atoms with Crippen LogP contribution in [0, 0.1) is 5.82 Å². The summed E-state index contributed by atoms with van der Waals surface area (Å²) in [6.45, 7) is 0. The second-order valence-electron chi connectivity index (χ2n) is 6.20. The Bertz CT molecular complexity index is 1150. The number of benzene rings is 2. The monoisotopic (exact) mass is 392 g/mol. The van der Waals surface area contributed by atoms with Gasteiger partial charge in [-0.2, -0.15) is 0 Å². The minimum absolute atomic E-state index is 0.128. The maximum atomic E-state index is 13.1. The summed E-state index contributed by atoms with van der Waals surface area (Å²) >= 11 is 0. The zero-order valence-corrected chi connectivity index (χ0v) is 14.8. The number of anilines is 1. The number of halogens is 1. The quantitative estimate of drug-likeness (QED) is 0.525. The number of carboxylic acids is 1. The Hall–Kier alpha value is -4.20. The van der Waals surface area contributed by atoms with E-state index in [4.69, 9.17) is 9.52 Å². The minimum Gasteiger partial charge on any atom is -0.478 e. The topological polar surface area (TPSA) is 99.9 Å². The smallest absolute Gasteiger partial charge is 0.335 e. The van der Waals surface area contributed by atoms with E-state index in [-0.39, 0.29) is 16.9 Å². The van der Waals surface area contributed by atoms with Gasteiger partial charge in [-0.1, -0.05) is 12.1 Å². The second kappa shape index (κ2) is 7.08. The number of rotatable bonds is 4. The van der Waals surface area contributed by atoms with Crippen molar-refractivity contribution < 1.29 is 28.3 Å². The first-order valence-corrected chi connectivity index (χ1v) is 8.48. The molecule has 2 heterocycles. The number of hydrogen-bond donors (Lipinski definition) is 2. The molecule has 0 unspecified atom stereocenters. The zero-order valence-electron chi connectivity index (χ0n) is 14.8. The van der Waals surface area contributed by atoms with E-state index >= 15 is 0 Å². The molecule has 3 aromatic rings. The molecular formula is C21H13FN2O5. The number of nitrogens with zero attached hydrogens (tertiary/aromatic N) is 1. The fraction of sp³-hybridized carbons (Fsp3) is 0. The maximum Gasteiger partial charge on any atom is 0.335 e. The first-order valence-electron chi connectivity index (χ1n) is 8.48. The number of hydrazine groups is 1. The van der Waals surface area contributed by atoms with E-state index in [2.05, 4.69) is 5.43 Å². The van der Waals surface area contributed by atoms with Gasteiger partial charge in [-0.3, -0.25) is 15.0 Å². The Balaban J connectivity index is 1.58. The molecule has 2 amide bonds. The van der Waals surface area contributed by atoms with Crippen LogP contribution < -0.4 is 10.4 Å². The molecule has 0 aliphatic carbocycles. The van der Waals surface area contributed by atoms with Gasteiger partial charge in [0, 0.05) is 5.56 Å². The summed E-state index contributed by atoms with van der Waals surface area (Å²) in [4.78, 5) is 35.7. The van der Waals surface area contributed by atoms with Crippen LogP contribution in [0.1, 0.15) is 16.1 Å². The Morgan fingerprint density at radius 1 is 1.00 bits per heavy atom. The second-order valence-corrected chi connectivity index (χ2v) is 6.20. The van der Waals surface area contributed by atoms with Crippen molar-refractivity contribution in [1.82, 2.24) is 5.43 Å². The SMILES string of the molecule is O=C1NN(c2ccc(F)cc2)C(=O)/C1=C\c1ccc(-c2ccc(C(=O)O)cc2)o1. The van der Waals surface area contributed by atoms with E-state index in [0.717, 1.165) is 5.01 Å². The van der Waals surface area contributed by atoms with Crippen LogP contribution in [0.15, 0.2) is 70.7 Å². The van der Waals surface area contributed by atoms with E-state index in [0.29, 0.717) is 17.0 Å². The third-order valence-electron chi connectivity index (χ3n) is 4.31. The number of furan rings is 1. The molecule has 2 N–H and O–H groups in total. The lowest BCUT2D eigenvalue weighted by Crippen LogP contribution is -2.35. The van der Waals surface area contributed by atoms with Crippen molar-refractivity contribution in [2.75, 3.05) is 5.01 Å². The van der Waals surface area contributed by atoms with Gasteiger partial charge in [-0.15, -0.1) is 0 Å². The summed E-state index contributed by atoms with van der Waals surface area (Å²) in [5.74, 6) is -1.95. The number of hydrogen-bond acceptors (Lipinski definition) is 4. The van der Waals surface area contributed by atoms with Crippen LogP contribution in [0.5, 0.6) is 0 Å². The number of nitrogens with one attached hydrogen (secondary N) is 1. The number of carbonyl (C=O) groups excluding carboxylic acids is 2. The van der Waals surface area contributed by atoms with Crippen molar-refractivity contribution in [2.45, 2.75) is 0 Å². The maximum absolute atomic E-state index is 13.1. The molecule has 0 spiro atoms. The molecule has 1 aliphatic rings. The van der Waals surface area contributed by atoms with Crippen LogP contribution >= 0.6 is 0 Å². The van der Waals surface area contributed by atoms with Crippen molar-refractivity contribution in [1.29, 1.82) is 0 Å². The Morgan fingerprint density at radius 2 is 1.69 bits per heavy atom. The van der Waals surface area contributed by atoms with Gasteiger partial charge >= 0.3 is 5.97 Å². The summed E-state index contributed by atoms with van der Waals surface area (Å²) in [6, 6.07) is 14.5. The fourth-order valence-electron chi connectivity index (χ4n) is 2.83. The van der Waals surface area contributed by atoms with Crippen LogP contribution in [-0.2, 0) is 9.59 Å². The van der Waals surface area contributed by atoms with Gasteiger partial charge in [0.25, 0.3) is 11.8 Å². The van der Waals surface area contributed by atoms with Crippen LogP contribution in [0.25, 0.3) is 17.4 Å². The predicted octanol–water partition coefficient (Wildman–Crippen LogP) is 3.25. The molecule has 0 atom stereocenters. The minimum atomic E-state index is -1.03. The number of aromatic carboxylic acids is 1. The lowest BCUT2D eigenvalue weighted by molar-refractivity contribution is -0.117. The van der Waals surface area contributed by atoms with Gasteiger partial charge < -0.3 is 9.52 Å². The standard InChI is InChI=1S/C21H13FN2O5/c22-14-5-7-15(8-6-14)24-20(26)17(19(25)23-24)11-16-9-10-18(29-16)12-1-3-13(4-2-12)21(27)28/h1-11H,(H,23,25)(H,27,28)/b17-11-. The van der Waals surface area contributed by atoms with Gasteiger partial charge in [-0.25, -0.2) is 14.2 Å². The van der Waals surface area contributed by atoms with E-state index in [1.54, 1.807) is 24.3 Å². The average Bonchev–Trinajstić information content (AvgIpc) is 3.29. The molecule has 29 heavy (non-hydrogen) atoms. The molecule has 1 aliphatic heterocycles.